The third-order valence-corrected chi connectivity index (χ3v) is 3.53. The molecule has 1 amide bonds. The summed E-state index contributed by atoms with van der Waals surface area (Å²) in [6.07, 6.45) is 1.62. The predicted octanol–water partition coefficient (Wildman–Crippen LogP) is 1.27. The van der Waals surface area contributed by atoms with Crippen LogP contribution in [0.25, 0.3) is 0 Å². The van der Waals surface area contributed by atoms with Crippen LogP contribution in [0.3, 0.4) is 0 Å². The molecule has 120 valence electrons. The van der Waals surface area contributed by atoms with Gasteiger partial charge in [-0.25, -0.2) is 13.2 Å². The van der Waals surface area contributed by atoms with E-state index in [0.717, 1.165) is 6.42 Å². The van der Waals surface area contributed by atoms with Crippen LogP contribution in [0.4, 0.5) is 4.79 Å². The Labute approximate surface area is 122 Å². The number of rotatable bonds is 7. The number of hydrogen-bond donors (Lipinski definition) is 1. The fourth-order valence-electron chi connectivity index (χ4n) is 1.61. The average molecular weight is 308 g/mol. The zero-order chi connectivity index (χ0) is 16.0. The third-order valence-electron chi connectivity index (χ3n) is 2.42. The third kappa shape index (κ3) is 11.0. The number of nitrogens with one attached hydrogen (secondary N) is 1. The average Bonchev–Trinajstić information content (AvgIpc) is 2.18. The van der Waals surface area contributed by atoms with Crippen molar-refractivity contribution in [3.8, 4) is 0 Å². The fourth-order valence-corrected chi connectivity index (χ4v) is 2.63. The molecule has 0 heterocycles. The van der Waals surface area contributed by atoms with Crippen molar-refractivity contribution in [2.75, 3.05) is 32.1 Å². The molecule has 0 radical (unpaired) electrons. The van der Waals surface area contributed by atoms with Gasteiger partial charge in [0.05, 0.1) is 5.75 Å². The smallest absolute Gasteiger partial charge is 0.410 e. The van der Waals surface area contributed by atoms with Crippen LogP contribution < -0.4 is 5.32 Å². The first-order valence-electron chi connectivity index (χ1n) is 6.76. The summed E-state index contributed by atoms with van der Waals surface area (Å²) in [4.78, 5) is 13.2. The molecule has 0 saturated heterocycles. The molecule has 0 aliphatic rings. The molecule has 7 heteroatoms. The van der Waals surface area contributed by atoms with Gasteiger partial charge in [0.25, 0.3) is 0 Å². The maximum absolute atomic E-state index is 11.7. The minimum absolute atomic E-state index is 0.0863. The van der Waals surface area contributed by atoms with Gasteiger partial charge in [-0.1, -0.05) is 0 Å². The number of nitrogens with zero attached hydrogens (tertiary/aromatic N) is 1. The minimum Gasteiger partial charge on any atom is -0.444 e. The molecule has 20 heavy (non-hydrogen) atoms. The van der Waals surface area contributed by atoms with Crippen LogP contribution in [0.15, 0.2) is 0 Å². The second kappa shape index (κ2) is 7.83. The molecule has 0 aliphatic carbocycles. The van der Waals surface area contributed by atoms with Gasteiger partial charge in [0.1, 0.15) is 15.4 Å². The maximum Gasteiger partial charge on any atom is 0.410 e. The second-order valence-corrected chi connectivity index (χ2v) is 8.39. The first kappa shape index (κ1) is 19.2. The van der Waals surface area contributed by atoms with Crippen molar-refractivity contribution in [3.63, 3.8) is 0 Å². The van der Waals surface area contributed by atoms with E-state index >= 15 is 0 Å². The molecule has 0 bridgehead atoms. The van der Waals surface area contributed by atoms with Crippen molar-refractivity contribution < 1.29 is 17.9 Å². The van der Waals surface area contributed by atoms with E-state index in [4.69, 9.17) is 4.74 Å². The van der Waals surface area contributed by atoms with E-state index in [1.807, 2.05) is 27.7 Å². The fraction of sp³-hybridized carbons (Fsp3) is 0.923. The summed E-state index contributed by atoms with van der Waals surface area (Å²) >= 11 is 0. The number of sulfone groups is 1. The van der Waals surface area contributed by atoms with E-state index in [2.05, 4.69) is 5.32 Å². The summed E-state index contributed by atoms with van der Waals surface area (Å²) in [6.45, 7) is 8.53. The zero-order valence-corrected chi connectivity index (χ0v) is 14.2. The van der Waals surface area contributed by atoms with Gasteiger partial charge in [0.15, 0.2) is 0 Å². The van der Waals surface area contributed by atoms with Gasteiger partial charge in [-0.05, 0) is 40.7 Å². The van der Waals surface area contributed by atoms with Gasteiger partial charge < -0.3 is 15.0 Å². The highest BCUT2D eigenvalue weighted by Gasteiger charge is 2.19. The van der Waals surface area contributed by atoms with Crippen molar-refractivity contribution in [2.24, 2.45) is 0 Å². The maximum atomic E-state index is 11.7. The summed E-state index contributed by atoms with van der Waals surface area (Å²) in [5.74, 6) is 0.120. The molecule has 0 rings (SSSR count). The van der Waals surface area contributed by atoms with Gasteiger partial charge in [-0.15, -0.1) is 0 Å². The highest BCUT2D eigenvalue weighted by Crippen LogP contribution is 2.09. The molecule has 0 fully saturated rings. The molecule has 0 aromatic rings. The summed E-state index contributed by atoms with van der Waals surface area (Å²) < 4.78 is 27.4. The lowest BCUT2D eigenvalue weighted by molar-refractivity contribution is 0.0297. The topological polar surface area (TPSA) is 75.7 Å². The molecule has 0 aromatic carbocycles. The van der Waals surface area contributed by atoms with E-state index < -0.39 is 15.4 Å². The molecule has 1 atom stereocenters. The summed E-state index contributed by atoms with van der Waals surface area (Å²) in [5, 5.41) is 3.12. The summed E-state index contributed by atoms with van der Waals surface area (Å²) in [6, 6.07) is -0.0863. The number of ether oxygens (including phenoxy) is 1. The Hall–Kier alpha value is -0.820. The molecule has 1 unspecified atom stereocenters. The quantitative estimate of drug-likeness (QED) is 0.717. The Balaban J connectivity index is 3.87. The Morgan fingerprint density at radius 2 is 1.90 bits per heavy atom. The lowest BCUT2D eigenvalue weighted by Gasteiger charge is -2.24. The van der Waals surface area contributed by atoms with Crippen LogP contribution in [0.1, 0.15) is 34.1 Å². The largest absolute Gasteiger partial charge is 0.444 e. The van der Waals surface area contributed by atoms with Gasteiger partial charge >= 0.3 is 6.09 Å². The molecular weight excluding hydrogens is 280 g/mol. The van der Waals surface area contributed by atoms with Gasteiger partial charge in [-0.2, -0.15) is 0 Å². The van der Waals surface area contributed by atoms with Crippen LogP contribution in [-0.2, 0) is 14.6 Å². The lowest BCUT2D eigenvalue weighted by atomic mass is 10.2. The Morgan fingerprint density at radius 1 is 1.35 bits per heavy atom. The standard InChI is InChI=1S/C13H28N2O4S/c1-11(10-20(6,17)18)14-8-7-9-15(5)12(16)19-13(2,3)4/h11,14H,7-10H2,1-6H3. The monoisotopic (exact) mass is 308 g/mol. The van der Waals surface area contributed by atoms with Crippen LogP contribution in [0.2, 0.25) is 0 Å². The summed E-state index contributed by atoms with van der Waals surface area (Å²) in [5.41, 5.74) is -0.492. The van der Waals surface area contributed by atoms with Gasteiger partial charge in [0.2, 0.25) is 0 Å². The Morgan fingerprint density at radius 3 is 2.35 bits per heavy atom. The molecular formula is C13H28N2O4S. The first-order chi connectivity index (χ1) is 8.91. The van der Waals surface area contributed by atoms with Crippen LogP contribution in [0, 0.1) is 0 Å². The molecule has 0 saturated carbocycles. The van der Waals surface area contributed by atoms with Crippen LogP contribution >= 0.6 is 0 Å². The van der Waals surface area contributed by atoms with Crippen LogP contribution in [-0.4, -0.2) is 63.2 Å². The zero-order valence-electron chi connectivity index (χ0n) is 13.4. The van der Waals surface area contributed by atoms with Crippen molar-refractivity contribution in [1.29, 1.82) is 0 Å². The molecule has 0 spiro atoms. The second-order valence-electron chi connectivity index (χ2n) is 6.20. The van der Waals surface area contributed by atoms with Crippen molar-refractivity contribution in [3.05, 3.63) is 0 Å². The number of carbonyl (C=O) groups is 1. The van der Waals surface area contributed by atoms with E-state index in [9.17, 15) is 13.2 Å². The minimum atomic E-state index is -2.96. The molecule has 0 aromatic heterocycles. The Bertz CT molecular complexity index is 401. The van der Waals surface area contributed by atoms with E-state index in [0.29, 0.717) is 13.1 Å². The van der Waals surface area contributed by atoms with Crippen molar-refractivity contribution >= 4 is 15.9 Å². The van der Waals surface area contributed by atoms with Gasteiger partial charge in [-0.3, -0.25) is 0 Å². The first-order valence-corrected chi connectivity index (χ1v) is 8.82. The van der Waals surface area contributed by atoms with E-state index in [1.165, 1.54) is 11.2 Å². The van der Waals surface area contributed by atoms with E-state index in [-0.39, 0.29) is 17.9 Å². The number of hydrogen-bond acceptors (Lipinski definition) is 5. The Kier molecular flexibility index (Phi) is 7.51. The number of carbonyl (C=O) groups excluding carboxylic acids is 1. The highest BCUT2D eigenvalue weighted by atomic mass is 32.2. The lowest BCUT2D eigenvalue weighted by Crippen LogP contribution is -2.37. The SMILES string of the molecule is CC(CS(C)(=O)=O)NCCCN(C)C(=O)OC(C)(C)C. The van der Waals surface area contributed by atoms with Crippen molar-refractivity contribution in [1.82, 2.24) is 10.2 Å². The highest BCUT2D eigenvalue weighted by molar-refractivity contribution is 7.90. The van der Waals surface area contributed by atoms with Crippen molar-refractivity contribution in [2.45, 2.75) is 45.8 Å². The predicted molar refractivity (Wildman–Crippen MR) is 80.7 cm³/mol. The van der Waals surface area contributed by atoms with Gasteiger partial charge in [0, 0.05) is 25.9 Å². The van der Waals surface area contributed by atoms with E-state index in [1.54, 1.807) is 7.05 Å². The normalized spacial score (nSPS) is 13.9. The molecule has 1 N–H and O–H groups in total. The summed E-state index contributed by atoms with van der Waals surface area (Å²) in [7, 11) is -1.27. The van der Waals surface area contributed by atoms with Crippen LogP contribution in [0.5, 0.6) is 0 Å². The number of amides is 1. The molecule has 6 nitrogen and oxygen atoms in total. The molecule has 0 aliphatic heterocycles.